The molecule has 0 spiro atoms. The Morgan fingerprint density at radius 1 is 1.21 bits per heavy atom. The Morgan fingerprint density at radius 3 is 2.38 bits per heavy atom. The van der Waals surface area contributed by atoms with Crippen LogP contribution in [-0.4, -0.2) is 21.5 Å². The quantitative estimate of drug-likeness (QED) is 0.633. The second-order valence-corrected chi connectivity index (χ2v) is 8.65. The lowest BCUT2D eigenvalue weighted by atomic mass is 9.63. The van der Waals surface area contributed by atoms with E-state index in [1.807, 2.05) is 6.92 Å². The first-order chi connectivity index (χ1) is 10.9. The molecule has 8 heteroatoms. The molecule has 2 fully saturated rings. The van der Waals surface area contributed by atoms with Crippen molar-refractivity contribution >= 4 is 7.82 Å². The molecule has 0 aliphatic carbocycles. The van der Waals surface area contributed by atoms with Crippen molar-refractivity contribution in [2.75, 3.05) is 0 Å². The van der Waals surface area contributed by atoms with Gasteiger partial charge in [-0.25, -0.2) is 9.45 Å². The SMILES string of the molecule is CC1OC2(c3cccc(OP(=O)(O)O)c3)OOC2(C(C)(C)C)C1C. The van der Waals surface area contributed by atoms with Gasteiger partial charge in [-0.05, 0) is 19.1 Å². The standard InChI is InChI=1S/C16H23O7P/c1-10-11(2)20-16(15(10,22-23-16)14(3,4)5)12-7-6-8-13(9-12)21-24(17,18)19/h6-11H,1-5H3,(H2,17,18,19). The topological polar surface area (TPSA) is 94.5 Å². The molecule has 1 aromatic carbocycles. The highest BCUT2D eigenvalue weighted by Gasteiger charge is 2.79. The highest BCUT2D eigenvalue weighted by atomic mass is 31.2. The van der Waals surface area contributed by atoms with E-state index in [2.05, 4.69) is 27.7 Å². The van der Waals surface area contributed by atoms with E-state index in [0.29, 0.717) is 5.56 Å². The van der Waals surface area contributed by atoms with Crippen LogP contribution in [0.15, 0.2) is 24.3 Å². The largest absolute Gasteiger partial charge is 0.524 e. The third-order valence-electron chi connectivity index (χ3n) is 5.03. The first kappa shape index (κ1) is 17.9. The summed E-state index contributed by atoms with van der Waals surface area (Å²) < 4.78 is 22.0. The normalized spacial score (nSPS) is 36.1. The minimum absolute atomic E-state index is 0.0457. The van der Waals surface area contributed by atoms with Gasteiger partial charge in [0.2, 0.25) is 0 Å². The third kappa shape index (κ3) is 2.35. The Labute approximate surface area is 141 Å². The maximum Gasteiger partial charge on any atom is 0.524 e. The van der Waals surface area contributed by atoms with Gasteiger partial charge in [-0.3, -0.25) is 9.79 Å². The Kier molecular flexibility index (Phi) is 3.92. The Hall–Kier alpha value is -0.950. The molecule has 24 heavy (non-hydrogen) atoms. The monoisotopic (exact) mass is 358 g/mol. The summed E-state index contributed by atoms with van der Waals surface area (Å²) in [7, 11) is -4.64. The van der Waals surface area contributed by atoms with Gasteiger partial charge in [0.15, 0.2) is 5.60 Å². The van der Waals surface area contributed by atoms with Gasteiger partial charge in [-0.15, -0.1) is 0 Å². The van der Waals surface area contributed by atoms with Crippen LogP contribution in [0.5, 0.6) is 5.75 Å². The highest BCUT2D eigenvalue weighted by Crippen LogP contribution is 2.66. The Morgan fingerprint density at radius 2 is 1.88 bits per heavy atom. The van der Waals surface area contributed by atoms with Crippen LogP contribution in [0.3, 0.4) is 0 Å². The lowest BCUT2D eigenvalue weighted by Gasteiger charge is -2.58. The van der Waals surface area contributed by atoms with Gasteiger partial charge < -0.3 is 9.26 Å². The van der Waals surface area contributed by atoms with E-state index < -0.39 is 19.2 Å². The molecule has 134 valence electrons. The predicted octanol–water partition coefficient (Wildman–Crippen LogP) is 3.11. The molecule has 2 N–H and O–H groups in total. The summed E-state index contributed by atoms with van der Waals surface area (Å²) in [4.78, 5) is 29.2. The highest BCUT2D eigenvalue weighted by molar-refractivity contribution is 7.46. The van der Waals surface area contributed by atoms with E-state index in [-0.39, 0.29) is 23.2 Å². The molecule has 0 bridgehead atoms. The number of ether oxygens (including phenoxy) is 1. The van der Waals surface area contributed by atoms with Gasteiger partial charge in [-0.1, -0.05) is 39.8 Å². The molecule has 0 aromatic heterocycles. The van der Waals surface area contributed by atoms with E-state index >= 15 is 0 Å². The fourth-order valence-corrected chi connectivity index (χ4v) is 4.30. The molecule has 7 nitrogen and oxygen atoms in total. The molecule has 2 heterocycles. The Balaban J connectivity index is 2.08. The lowest BCUT2D eigenvalue weighted by molar-refractivity contribution is -0.622. The predicted molar refractivity (Wildman–Crippen MR) is 84.9 cm³/mol. The van der Waals surface area contributed by atoms with E-state index in [4.69, 9.17) is 28.8 Å². The summed E-state index contributed by atoms with van der Waals surface area (Å²) >= 11 is 0. The fourth-order valence-electron chi connectivity index (χ4n) is 3.91. The zero-order chi connectivity index (χ0) is 18.0. The number of hydrogen-bond donors (Lipinski definition) is 2. The first-order valence-corrected chi connectivity index (χ1v) is 9.36. The zero-order valence-corrected chi connectivity index (χ0v) is 15.2. The smallest absolute Gasteiger partial charge is 0.404 e. The van der Waals surface area contributed by atoms with Crippen molar-refractivity contribution < 1.29 is 33.4 Å². The second kappa shape index (κ2) is 5.27. The average molecular weight is 358 g/mol. The van der Waals surface area contributed by atoms with Gasteiger partial charge in [-0.2, -0.15) is 4.89 Å². The summed E-state index contributed by atoms with van der Waals surface area (Å²) in [5.41, 5.74) is -0.416. The molecular weight excluding hydrogens is 335 g/mol. The van der Waals surface area contributed by atoms with Crippen LogP contribution in [0, 0.1) is 11.3 Å². The first-order valence-electron chi connectivity index (χ1n) is 7.83. The molecule has 2 saturated heterocycles. The van der Waals surface area contributed by atoms with Crippen LogP contribution in [0.2, 0.25) is 0 Å². The lowest BCUT2D eigenvalue weighted by Crippen LogP contribution is -2.70. The summed E-state index contributed by atoms with van der Waals surface area (Å²) in [5.74, 6) is -1.04. The van der Waals surface area contributed by atoms with Crippen molar-refractivity contribution in [2.45, 2.75) is 52.1 Å². The van der Waals surface area contributed by atoms with Crippen LogP contribution in [-0.2, 0) is 24.9 Å². The van der Waals surface area contributed by atoms with Crippen LogP contribution in [0.1, 0.15) is 40.2 Å². The van der Waals surface area contributed by atoms with Gasteiger partial charge in [0, 0.05) is 16.9 Å². The average Bonchev–Trinajstić information content (AvgIpc) is 2.54. The van der Waals surface area contributed by atoms with Crippen LogP contribution in [0.25, 0.3) is 0 Å². The number of phosphoric ester groups is 1. The molecule has 3 rings (SSSR count). The van der Waals surface area contributed by atoms with Crippen molar-refractivity contribution in [1.29, 1.82) is 0 Å². The summed E-state index contributed by atoms with van der Waals surface area (Å²) in [6.07, 6.45) is -0.113. The van der Waals surface area contributed by atoms with Crippen molar-refractivity contribution in [3.05, 3.63) is 29.8 Å². The van der Waals surface area contributed by atoms with Crippen molar-refractivity contribution in [3.63, 3.8) is 0 Å². The summed E-state index contributed by atoms with van der Waals surface area (Å²) in [5, 5.41) is 0. The number of benzene rings is 1. The van der Waals surface area contributed by atoms with Crippen LogP contribution in [0.4, 0.5) is 0 Å². The molecular formula is C16H23O7P. The number of rotatable bonds is 3. The summed E-state index contributed by atoms with van der Waals surface area (Å²) in [6, 6.07) is 6.41. The van der Waals surface area contributed by atoms with E-state index in [1.54, 1.807) is 12.1 Å². The second-order valence-electron chi connectivity index (χ2n) is 7.49. The maximum absolute atomic E-state index is 11.1. The Bertz CT molecular complexity index is 694. The van der Waals surface area contributed by atoms with Gasteiger partial charge in [0.05, 0.1) is 6.10 Å². The zero-order valence-electron chi connectivity index (χ0n) is 14.3. The molecule has 1 aromatic rings. The number of fused-ring (bicyclic) bond motifs is 1. The van der Waals surface area contributed by atoms with Crippen LogP contribution < -0.4 is 4.52 Å². The molecule has 0 radical (unpaired) electrons. The van der Waals surface area contributed by atoms with E-state index in [9.17, 15) is 4.57 Å². The molecule has 0 amide bonds. The minimum atomic E-state index is -4.64. The summed E-state index contributed by atoms with van der Waals surface area (Å²) in [6.45, 7) is 10.2. The molecule has 4 atom stereocenters. The van der Waals surface area contributed by atoms with Crippen molar-refractivity contribution in [1.82, 2.24) is 0 Å². The molecule has 2 aliphatic heterocycles. The molecule has 0 saturated carbocycles. The van der Waals surface area contributed by atoms with E-state index in [1.165, 1.54) is 12.1 Å². The van der Waals surface area contributed by atoms with Gasteiger partial charge >= 0.3 is 7.82 Å². The van der Waals surface area contributed by atoms with Crippen molar-refractivity contribution in [3.8, 4) is 5.75 Å². The molecule has 2 aliphatic rings. The third-order valence-corrected chi connectivity index (χ3v) is 5.48. The number of phosphoric acid groups is 1. The molecule has 4 unspecified atom stereocenters. The minimum Gasteiger partial charge on any atom is -0.404 e. The van der Waals surface area contributed by atoms with E-state index in [0.717, 1.165) is 0 Å². The fraction of sp³-hybridized carbons (Fsp3) is 0.625. The van der Waals surface area contributed by atoms with Crippen molar-refractivity contribution in [2.24, 2.45) is 11.3 Å². The van der Waals surface area contributed by atoms with Crippen LogP contribution >= 0.6 is 7.82 Å². The van der Waals surface area contributed by atoms with Gasteiger partial charge in [0.25, 0.3) is 5.79 Å². The maximum atomic E-state index is 11.1. The number of hydrogen-bond acceptors (Lipinski definition) is 5. The van der Waals surface area contributed by atoms with Gasteiger partial charge in [0.1, 0.15) is 5.75 Å².